The van der Waals surface area contributed by atoms with Crippen molar-refractivity contribution in [3.05, 3.63) is 64.0 Å². The molecule has 0 aliphatic carbocycles. The summed E-state index contributed by atoms with van der Waals surface area (Å²) in [5, 5.41) is 9.40. The SMILES string of the molecule is COCCn1c(C)cc(/C=C(\C#N)C(=O)OCC(=O)c2ccc(C(C)C)cc2)c1C. The lowest BCUT2D eigenvalue weighted by Gasteiger charge is -2.08. The van der Waals surface area contributed by atoms with Crippen LogP contribution in [0.3, 0.4) is 0 Å². The van der Waals surface area contributed by atoms with Gasteiger partial charge >= 0.3 is 5.97 Å². The molecule has 0 bridgehead atoms. The number of ether oxygens (including phenoxy) is 2. The van der Waals surface area contributed by atoms with Gasteiger partial charge in [0.15, 0.2) is 12.4 Å². The van der Waals surface area contributed by atoms with Crippen LogP contribution in [0.4, 0.5) is 0 Å². The molecule has 0 radical (unpaired) electrons. The van der Waals surface area contributed by atoms with E-state index in [0.29, 0.717) is 24.6 Å². The first-order chi connectivity index (χ1) is 14.3. The Kier molecular flexibility index (Phi) is 8.14. The monoisotopic (exact) mass is 408 g/mol. The van der Waals surface area contributed by atoms with Crippen LogP contribution in [0.25, 0.3) is 6.08 Å². The Bertz CT molecular complexity index is 976. The van der Waals surface area contributed by atoms with Crippen molar-refractivity contribution in [1.29, 1.82) is 5.26 Å². The second-order valence-corrected chi connectivity index (χ2v) is 7.42. The summed E-state index contributed by atoms with van der Waals surface area (Å²) in [4.78, 5) is 24.6. The summed E-state index contributed by atoms with van der Waals surface area (Å²) < 4.78 is 12.3. The number of hydrogen-bond donors (Lipinski definition) is 0. The van der Waals surface area contributed by atoms with E-state index in [1.807, 2.05) is 38.1 Å². The van der Waals surface area contributed by atoms with Gasteiger partial charge in [0.05, 0.1) is 6.61 Å². The first kappa shape index (κ1) is 23.1. The molecular formula is C24H28N2O4. The molecule has 2 rings (SSSR count). The van der Waals surface area contributed by atoms with E-state index < -0.39 is 12.6 Å². The van der Waals surface area contributed by atoms with Gasteiger partial charge in [-0.05, 0) is 43.0 Å². The van der Waals surface area contributed by atoms with Crippen LogP contribution < -0.4 is 0 Å². The van der Waals surface area contributed by atoms with Gasteiger partial charge in [-0.1, -0.05) is 38.1 Å². The number of aryl methyl sites for hydroxylation is 1. The molecule has 0 fully saturated rings. The van der Waals surface area contributed by atoms with Crippen LogP contribution in [0.15, 0.2) is 35.9 Å². The number of carbonyl (C=O) groups is 2. The topological polar surface area (TPSA) is 81.3 Å². The highest BCUT2D eigenvalue weighted by molar-refractivity contribution is 6.02. The fourth-order valence-electron chi connectivity index (χ4n) is 3.14. The minimum atomic E-state index is -0.814. The van der Waals surface area contributed by atoms with Gasteiger partial charge < -0.3 is 14.0 Å². The predicted octanol–water partition coefficient (Wildman–Crippen LogP) is 4.21. The lowest BCUT2D eigenvalue weighted by atomic mass is 10.0. The number of benzene rings is 1. The Morgan fingerprint density at radius 2 is 1.87 bits per heavy atom. The quantitative estimate of drug-likeness (QED) is 0.269. The fourth-order valence-corrected chi connectivity index (χ4v) is 3.14. The fraction of sp³-hybridized carbons (Fsp3) is 0.375. The van der Waals surface area contributed by atoms with Crippen molar-refractivity contribution < 1.29 is 19.1 Å². The van der Waals surface area contributed by atoms with E-state index in [4.69, 9.17) is 9.47 Å². The maximum atomic E-state index is 12.3. The van der Waals surface area contributed by atoms with Gasteiger partial charge in [0.1, 0.15) is 11.6 Å². The lowest BCUT2D eigenvalue weighted by molar-refractivity contribution is -0.137. The average molecular weight is 408 g/mol. The number of nitriles is 1. The van der Waals surface area contributed by atoms with E-state index in [-0.39, 0.29) is 11.4 Å². The van der Waals surface area contributed by atoms with Gasteiger partial charge in [0.2, 0.25) is 0 Å². The molecule has 0 spiro atoms. The zero-order valence-corrected chi connectivity index (χ0v) is 18.2. The lowest BCUT2D eigenvalue weighted by Crippen LogP contribution is -2.15. The zero-order valence-electron chi connectivity index (χ0n) is 18.2. The van der Waals surface area contributed by atoms with E-state index >= 15 is 0 Å². The summed E-state index contributed by atoms with van der Waals surface area (Å²) in [5.74, 6) is -0.758. The van der Waals surface area contributed by atoms with Gasteiger partial charge in [-0.25, -0.2) is 4.79 Å². The molecule has 0 saturated carbocycles. The second kappa shape index (κ2) is 10.6. The van der Waals surface area contributed by atoms with Crippen molar-refractivity contribution in [2.24, 2.45) is 0 Å². The molecule has 0 aliphatic heterocycles. The van der Waals surface area contributed by atoms with Gasteiger partial charge in [-0.15, -0.1) is 0 Å². The maximum Gasteiger partial charge on any atom is 0.349 e. The number of ketones is 1. The Labute approximate surface area is 177 Å². The molecule has 0 N–H and O–H groups in total. The smallest absolute Gasteiger partial charge is 0.349 e. The molecule has 30 heavy (non-hydrogen) atoms. The highest BCUT2D eigenvalue weighted by Gasteiger charge is 2.16. The normalized spacial score (nSPS) is 11.4. The van der Waals surface area contributed by atoms with Crippen LogP contribution in [0.5, 0.6) is 0 Å². The van der Waals surface area contributed by atoms with Gasteiger partial charge in [-0.2, -0.15) is 5.26 Å². The number of methoxy groups -OCH3 is 1. The molecule has 6 heteroatoms. The Morgan fingerprint density at radius 3 is 2.43 bits per heavy atom. The van der Waals surface area contributed by atoms with E-state index in [1.54, 1.807) is 19.2 Å². The summed E-state index contributed by atoms with van der Waals surface area (Å²) in [6.45, 7) is 8.84. The summed E-state index contributed by atoms with van der Waals surface area (Å²) >= 11 is 0. The van der Waals surface area contributed by atoms with Crippen molar-refractivity contribution in [3.63, 3.8) is 0 Å². The van der Waals surface area contributed by atoms with Crippen molar-refractivity contribution in [2.75, 3.05) is 20.3 Å². The number of rotatable bonds is 9. The molecule has 1 heterocycles. The van der Waals surface area contributed by atoms with E-state index in [2.05, 4.69) is 18.4 Å². The molecule has 1 aromatic heterocycles. The summed E-state index contributed by atoms with van der Waals surface area (Å²) in [6, 6.07) is 11.0. The van der Waals surface area contributed by atoms with Crippen LogP contribution in [-0.2, 0) is 20.8 Å². The number of carbonyl (C=O) groups excluding carboxylic acids is 2. The van der Waals surface area contributed by atoms with Crippen molar-refractivity contribution in [1.82, 2.24) is 4.57 Å². The van der Waals surface area contributed by atoms with Gasteiger partial charge in [0, 0.05) is 30.6 Å². The first-order valence-corrected chi connectivity index (χ1v) is 9.86. The van der Waals surface area contributed by atoms with Crippen LogP contribution in [0.1, 0.15) is 52.6 Å². The number of Topliss-reactive ketones (excluding diaryl/α,β-unsaturated/α-hetero) is 1. The molecule has 0 aliphatic rings. The van der Waals surface area contributed by atoms with Crippen LogP contribution in [0, 0.1) is 25.2 Å². The summed E-state index contributed by atoms with van der Waals surface area (Å²) in [5.41, 5.74) is 4.13. The van der Waals surface area contributed by atoms with Gasteiger partial charge in [-0.3, -0.25) is 4.79 Å². The molecule has 0 atom stereocenters. The van der Waals surface area contributed by atoms with Gasteiger partial charge in [0.25, 0.3) is 0 Å². The third-order valence-corrected chi connectivity index (χ3v) is 5.01. The average Bonchev–Trinajstić information content (AvgIpc) is 3.00. The maximum absolute atomic E-state index is 12.3. The minimum Gasteiger partial charge on any atom is -0.453 e. The highest BCUT2D eigenvalue weighted by Crippen LogP contribution is 2.19. The molecule has 2 aromatic rings. The Balaban J connectivity index is 2.08. The standard InChI is InChI=1S/C24H28N2O4/c1-16(2)19-6-8-20(9-7-19)23(27)15-30-24(28)22(14-25)13-21-12-17(3)26(18(21)4)10-11-29-5/h6-9,12-13,16H,10-11,15H2,1-5H3/b22-13+. The Hall–Kier alpha value is -3.17. The summed E-state index contributed by atoms with van der Waals surface area (Å²) in [6.07, 6.45) is 1.50. The molecule has 0 unspecified atom stereocenters. The van der Waals surface area contributed by atoms with Crippen molar-refractivity contribution in [3.8, 4) is 6.07 Å². The predicted molar refractivity (Wildman–Crippen MR) is 115 cm³/mol. The van der Waals surface area contributed by atoms with Crippen molar-refractivity contribution in [2.45, 2.75) is 40.2 Å². The van der Waals surface area contributed by atoms with E-state index in [9.17, 15) is 14.9 Å². The molecule has 6 nitrogen and oxygen atoms in total. The number of aromatic nitrogens is 1. The summed E-state index contributed by atoms with van der Waals surface area (Å²) in [7, 11) is 1.64. The third-order valence-electron chi connectivity index (χ3n) is 5.01. The number of esters is 1. The Morgan fingerprint density at radius 1 is 1.20 bits per heavy atom. The third kappa shape index (κ3) is 5.68. The minimum absolute atomic E-state index is 0.148. The van der Waals surface area contributed by atoms with Crippen LogP contribution in [0.2, 0.25) is 0 Å². The van der Waals surface area contributed by atoms with E-state index in [1.165, 1.54) is 6.08 Å². The largest absolute Gasteiger partial charge is 0.453 e. The zero-order chi connectivity index (χ0) is 22.3. The second-order valence-electron chi connectivity index (χ2n) is 7.42. The molecule has 1 aromatic carbocycles. The van der Waals surface area contributed by atoms with E-state index in [0.717, 1.165) is 22.5 Å². The van der Waals surface area contributed by atoms with Crippen molar-refractivity contribution >= 4 is 17.8 Å². The molecule has 0 amide bonds. The van der Waals surface area contributed by atoms with Crippen LogP contribution >= 0.6 is 0 Å². The highest BCUT2D eigenvalue weighted by atomic mass is 16.5. The number of hydrogen-bond acceptors (Lipinski definition) is 5. The number of nitrogens with zero attached hydrogens (tertiary/aromatic N) is 2. The molecule has 158 valence electrons. The molecular weight excluding hydrogens is 380 g/mol. The van der Waals surface area contributed by atoms with Crippen LogP contribution in [-0.4, -0.2) is 36.6 Å². The first-order valence-electron chi connectivity index (χ1n) is 9.86. The molecule has 0 saturated heterocycles.